The van der Waals surface area contributed by atoms with E-state index in [2.05, 4.69) is 20.5 Å². The molecule has 3 aromatic heterocycles. The molecule has 1 aliphatic carbocycles. The van der Waals surface area contributed by atoms with Crippen LogP contribution in [0.5, 0.6) is 0 Å². The molecule has 1 amide bonds. The highest BCUT2D eigenvalue weighted by atomic mass is 19.4. The molecule has 0 saturated heterocycles. The molecule has 13 heteroatoms. The van der Waals surface area contributed by atoms with Gasteiger partial charge in [-0.3, -0.25) is 14.5 Å². The van der Waals surface area contributed by atoms with Crippen molar-refractivity contribution in [3.05, 3.63) is 58.9 Å². The highest BCUT2D eigenvalue weighted by Gasteiger charge is 2.36. The Morgan fingerprint density at radius 3 is 2.39 bits per heavy atom. The predicted molar refractivity (Wildman–Crippen MR) is 93.2 cm³/mol. The summed E-state index contributed by atoms with van der Waals surface area (Å²) in [6, 6.07) is 2.53. The SMILES string of the molecule is Cn1nc(C(F)(F)F)cc1C(=O)N[C@H]1Cc2cn(-c3ccnc(C(F)(F)F)c3)nc2C1. The van der Waals surface area contributed by atoms with Gasteiger partial charge in [0.2, 0.25) is 0 Å². The van der Waals surface area contributed by atoms with E-state index in [0.717, 1.165) is 22.5 Å². The maximum absolute atomic E-state index is 12.9. The number of aryl methyl sites for hydroxylation is 1. The van der Waals surface area contributed by atoms with Gasteiger partial charge in [-0.15, -0.1) is 0 Å². The molecule has 0 spiro atoms. The maximum Gasteiger partial charge on any atom is 0.435 e. The number of nitrogens with zero attached hydrogens (tertiary/aromatic N) is 5. The summed E-state index contributed by atoms with van der Waals surface area (Å²) in [6.07, 6.45) is -6.03. The van der Waals surface area contributed by atoms with Crippen molar-refractivity contribution in [2.45, 2.75) is 31.2 Å². The molecule has 0 saturated carbocycles. The molecular formula is C18H14F6N6O. The van der Waals surface area contributed by atoms with E-state index in [4.69, 9.17) is 0 Å². The number of alkyl halides is 6. The van der Waals surface area contributed by atoms with Gasteiger partial charge < -0.3 is 5.32 Å². The topological polar surface area (TPSA) is 77.6 Å². The predicted octanol–water partition coefficient (Wildman–Crippen LogP) is 2.94. The third-order valence-electron chi connectivity index (χ3n) is 4.82. The first-order valence-corrected chi connectivity index (χ1v) is 8.95. The number of hydrogen-bond acceptors (Lipinski definition) is 4. The van der Waals surface area contributed by atoms with E-state index >= 15 is 0 Å². The van der Waals surface area contributed by atoms with Crippen LogP contribution in [0.25, 0.3) is 5.69 Å². The Morgan fingerprint density at radius 1 is 1.06 bits per heavy atom. The van der Waals surface area contributed by atoms with E-state index in [-0.39, 0.29) is 17.8 Å². The van der Waals surface area contributed by atoms with Crippen molar-refractivity contribution in [2.24, 2.45) is 7.05 Å². The fraction of sp³-hybridized carbons (Fsp3) is 0.333. The zero-order valence-corrected chi connectivity index (χ0v) is 15.8. The van der Waals surface area contributed by atoms with Crippen molar-refractivity contribution < 1.29 is 31.1 Å². The third-order valence-corrected chi connectivity index (χ3v) is 4.82. The Balaban J connectivity index is 1.46. The largest absolute Gasteiger partial charge is 0.435 e. The summed E-state index contributed by atoms with van der Waals surface area (Å²) >= 11 is 0. The van der Waals surface area contributed by atoms with Crippen LogP contribution >= 0.6 is 0 Å². The van der Waals surface area contributed by atoms with E-state index in [1.165, 1.54) is 17.8 Å². The summed E-state index contributed by atoms with van der Waals surface area (Å²) in [4.78, 5) is 15.7. The van der Waals surface area contributed by atoms with Gasteiger partial charge in [0.1, 0.15) is 11.4 Å². The van der Waals surface area contributed by atoms with Crippen molar-refractivity contribution in [1.82, 2.24) is 29.9 Å². The standard InChI is InChI=1S/C18H14F6N6O/c1-29-13(7-15(28-29)18(22,23)24)16(31)26-10-4-9-8-30(27-12(9)5-10)11-2-3-25-14(6-11)17(19,20)21/h2-3,6-8,10H,4-5H2,1H3,(H,26,31)/t10-/m0/s1. The van der Waals surface area contributed by atoms with Gasteiger partial charge in [0.05, 0.1) is 11.4 Å². The van der Waals surface area contributed by atoms with Gasteiger partial charge in [0.25, 0.3) is 5.91 Å². The molecule has 31 heavy (non-hydrogen) atoms. The van der Waals surface area contributed by atoms with Gasteiger partial charge in [-0.25, -0.2) is 4.68 Å². The van der Waals surface area contributed by atoms with Crippen LogP contribution in [0, 0.1) is 0 Å². The van der Waals surface area contributed by atoms with Gasteiger partial charge in [0.15, 0.2) is 5.69 Å². The van der Waals surface area contributed by atoms with Crippen molar-refractivity contribution in [3.63, 3.8) is 0 Å². The molecule has 3 aromatic rings. The van der Waals surface area contributed by atoms with Crippen LogP contribution in [0.3, 0.4) is 0 Å². The number of halogens is 6. The number of aromatic nitrogens is 5. The first-order chi connectivity index (χ1) is 14.4. The molecule has 1 atom stereocenters. The van der Waals surface area contributed by atoms with Crippen LogP contribution in [-0.2, 0) is 32.2 Å². The van der Waals surface area contributed by atoms with Gasteiger partial charge in [0, 0.05) is 38.0 Å². The van der Waals surface area contributed by atoms with Crippen LogP contribution < -0.4 is 5.32 Å². The number of nitrogens with one attached hydrogen (secondary N) is 1. The number of fused-ring (bicyclic) bond motifs is 1. The molecule has 3 heterocycles. The number of amides is 1. The average molecular weight is 444 g/mol. The number of pyridine rings is 1. The summed E-state index contributed by atoms with van der Waals surface area (Å²) < 4.78 is 79.0. The van der Waals surface area contributed by atoms with Crippen LogP contribution in [0.4, 0.5) is 26.3 Å². The average Bonchev–Trinajstić information content (AvgIpc) is 3.33. The summed E-state index contributed by atoms with van der Waals surface area (Å²) in [5, 5.41) is 10.2. The monoisotopic (exact) mass is 444 g/mol. The Hall–Kier alpha value is -3.38. The molecule has 164 valence electrons. The van der Waals surface area contributed by atoms with Gasteiger partial charge >= 0.3 is 12.4 Å². The summed E-state index contributed by atoms with van der Waals surface area (Å²) in [5.74, 6) is -0.711. The quantitative estimate of drug-likeness (QED) is 0.631. The second-order valence-corrected chi connectivity index (χ2v) is 7.06. The molecule has 7 nitrogen and oxygen atoms in total. The van der Waals surface area contributed by atoms with Crippen LogP contribution in [-0.4, -0.2) is 36.5 Å². The molecule has 0 radical (unpaired) electrons. The Kier molecular flexibility index (Phi) is 4.78. The number of carbonyl (C=O) groups excluding carboxylic acids is 1. The lowest BCUT2D eigenvalue weighted by molar-refractivity contribution is -0.142. The van der Waals surface area contributed by atoms with E-state index in [1.54, 1.807) is 6.20 Å². The smallest absolute Gasteiger partial charge is 0.347 e. The first-order valence-electron chi connectivity index (χ1n) is 8.95. The molecule has 4 rings (SSSR count). The Bertz CT molecular complexity index is 1120. The lowest BCUT2D eigenvalue weighted by Crippen LogP contribution is -2.36. The van der Waals surface area contributed by atoms with E-state index in [9.17, 15) is 31.1 Å². The van der Waals surface area contributed by atoms with Crippen LogP contribution in [0.2, 0.25) is 0 Å². The minimum absolute atomic E-state index is 0.187. The van der Waals surface area contributed by atoms with Gasteiger partial charge in [-0.05, 0) is 24.1 Å². The molecular weight excluding hydrogens is 430 g/mol. The van der Waals surface area contributed by atoms with Crippen molar-refractivity contribution in [1.29, 1.82) is 0 Å². The lowest BCUT2D eigenvalue weighted by Gasteiger charge is -2.12. The van der Waals surface area contributed by atoms with Crippen molar-refractivity contribution >= 4 is 5.91 Å². The van der Waals surface area contributed by atoms with Gasteiger partial charge in [-0.1, -0.05) is 0 Å². The molecule has 0 aliphatic heterocycles. The lowest BCUT2D eigenvalue weighted by atomic mass is 10.2. The Labute approximate surface area is 170 Å². The zero-order valence-electron chi connectivity index (χ0n) is 15.8. The fourth-order valence-corrected chi connectivity index (χ4v) is 3.39. The third kappa shape index (κ3) is 4.11. The van der Waals surface area contributed by atoms with Crippen LogP contribution in [0.15, 0.2) is 30.6 Å². The van der Waals surface area contributed by atoms with Crippen LogP contribution in [0.1, 0.15) is 33.1 Å². The minimum atomic E-state index is -4.66. The summed E-state index contributed by atoms with van der Waals surface area (Å²) in [7, 11) is 1.24. The van der Waals surface area contributed by atoms with Crippen molar-refractivity contribution in [3.8, 4) is 5.69 Å². The van der Waals surface area contributed by atoms with Gasteiger partial charge in [-0.2, -0.15) is 36.5 Å². The number of carbonyl (C=O) groups is 1. The first kappa shape index (κ1) is 20.9. The molecule has 1 N–H and O–H groups in total. The molecule has 0 bridgehead atoms. The second kappa shape index (κ2) is 7.10. The number of rotatable bonds is 3. The molecule has 0 aromatic carbocycles. The number of hydrogen-bond donors (Lipinski definition) is 1. The highest BCUT2D eigenvalue weighted by molar-refractivity contribution is 5.93. The summed E-state index contributed by atoms with van der Waals surface area (Å²) in [6.45, 7) is 0. The van der Waals surface area contributed by atoms with E-state index in [0.29, 0.717) is 18.2 Å². The summed E-state index contributed by atoms with van der Waals surface area (Å²) in [5.41, 5.74) is -0.958. The van der Waals surface area contributed by atoms with Crippen molar-refractivity contribution in [2.75, 3.05) is 0 Å². The maximum atomic E-state index is 12.9. The molecule has 0 unspecified atom stereocenters. The minimum Gasteiger partial charge on any atom is -0.347 e. The van der Waals surface area contributed by atoms with E-state index in [1.807, 2.05) is 0 Å². The Morgan fingerprint density at radius 2 is 1.77 bits per heavy atom. The molecule has 0 fully saturated rings. The molecule has 1 aliphatic rings. The second-order valence-electron chi connectivity index (χ2n) is 7.06. The van der Waals surface area contributed by atoms with E-state index < -0.39 is 35.7 Å². The highest BCUT2D eigenvalue weighted by Crippen LogP contribution is 2.30. The fourth-order valence-electron chi connectivity index (χ4n) is 3.39. The zero-order chi connectivity index (χ0) is 22.6. The normalized spacial score (nSPS) is 16.4.